The number of aryl methyl sites for hydroxylation is 1. The van der Waals surface area contributed by atoms with Crippen LogP contribution in [0.1, 0.15) is 44.0 Å². The summed E-state index contributed by atoms with van der Waals surface area (Å²) in [6.07, 6.45) is 3.55. The Bertz CT molecular complexity index is 1330. The van der Waals surface area contributed by atoms with Gasteiger partial charge in [-0.2, -0.15) is 4.98 Å². The van der Waals surface area contributed by atoms with Gasteiger partial charge in [-0.1, -0.05) is 47.8 Å². The Morgan fingerprint density at radius 2 is 1.91 bits per heavy atom. The van der Waals surface area contributed by atoms with Crippen LogP contribution in [0.5, 0.6) is 0 Å². The molecule has 0 radical (unpaired) electrons. The van der Waals surface area contributed by atoms with Crippen LogP contribution in [0.2, 0.25) is 5.02 Å². The minimum atomic E-state index is -0.617. The third-order valence-electron chi connectivity index (χ3n) is 5.46. The average Bonchev–Trinajstić information content (AvgIpc) is 3.42. The first-order chi connectivity index (χ1) is 15.9. The van der Waals surface area contributed by atoms with Gasteiger partial charge in [-0.15, -0.1) is 0 Å². The molecule has 0 saturated carbocycles. The van der Waals surface area contributed by atoms with Gasteiger partial charge in [0.25, 0.3) is 11.4 Å². The van der Waals surface area contributed by atoms with E-state index >= 15 is 0 Å². The maximum Gasteiger partial charge on any atom is 0.332 e. The predicted molar refractivity (Wildman–Crippen MR) is 124 cm³/mol. The monoisotopic (exact) mass is 493 g/mol. The minimum absolute atomic E-state index is 0.0247. The highest BCUT2D eigenvalue weighted by Gasteiger charge is 2.24. The Morgan fingerprint density at radius 1 is 1.12 bits per heavy atom. The zero-order valence-electron chi connectivity index (χ0n) is 18.0. The first-order valence-corrected chi connectivity index (χ1v) is 11.5. The Labute approximate surface area is 198 Å². The van der Waals surface area contributed by atoms with Crippen molar-refractivity contribution < 1.29 is 8.91 Å². The maximum atomic E-state index is 14.2. The van der Waals surface area contributed by atoms with Gasteiger partial charge in [0, 0.05) is 25.9 Å². The van der Waals surface area contributed by atoms with Gasteiger partial charge in [-0.25, -0.2) is 14.2 Å². The average molecular weight is 494 g/mol. The normalized spacial score (nSPS) is 12.8. The van der Waals surface area contributed by atoms with E-state index in [0.29, 0.717) is 48.2 Å². The lowest BCUT2D eigenvalue weighted by atomic mass is 10.2. The van der Waals surface area contributed by atoms with Crippen molar-refractivity contribution in [2.45, 2.75) is 58.5 Å². The highest BCUT2D eigenvalue weighted by atomic mass is 35.5. The molecule has 0 atom stereocenters. The summed E-state index contributed by atoms with van der Waals surface area (Å²) in [6.45, 7) is 2.77. The highest BCUT2D eigenvalue weighted by Crippen LogP contribution is 2.26. The third kappa shape index (κ3) is 4.79. The molecule has 1 aromatic carbocycles. The van der Waals surface area contributed by atoms with Crippen LogP contribution in [-0.2, 0) is 25.9 Å². The van der Waals surface area contributed by atoms with Crippen LogP contribution in [0.3, 0.4) is 0 Å². The summed E-state index contributed by atoms with van der Waals surface area (Å²) < 4.78 is 22.1. The zero-order valence-corrected chi connectivity index (χ0v) is 19.5. The molecule has 0 amide bonds. The molecule has 1 aliphatic rings. The van der Waals surface area contributed by atoms with E-state index in [1.165, 1.54) is 16.7 Å². The van der Waals surface area contributed by atoms with E-state index in [2.05, 4.69) is 15.1 Å². The molecule has 0 aliphatic carbocycles. The molecule has 0 unspecified atom stereocenters. The molecule has 0 fully saturated rings. The molecule has 3 heterocycles. The second-order valence-corrected chi connectivity index (χ2v) is 8.63. The number of benzene rings is 1. The third-order valence-corrected chi connectivity index (χ3v) is 5.97. The van der Waals surface area contributed by atoms with E-state index in [-0.39, 0.29) is 40.7 Å². The maximum absolute atomic E-state index is 14.2. The molecular weight excluding hydrogens is 472 g/mol. The zero-order chi connectivity index (χ0) is 23.5. The van der Waals surface area contributed by atoms with E-state index in [0.717, 1.165) is 12.8 Å². The van der Waals surface area contributed by atoms with Crippen LogP contribution in [0.25, 0.3) is 11.5 Å². The first kappa shape index (κ1) is 23.4. The SMILES string of the molecule is CCCCn1c2c(c(=O)n(CCCCc3noc(-c4cccc(Cl)c4F)n3)c1=O)CC(Cl)=N2. The lowest BCUT2D eigenvalue weighted by Gasteiger charge is -2.13. The molecule has 2 aromatic heterocycles. The van der Waals surface area contributed by atoms with Crippen molar-refractivity contribution in [2.24, 2.45) is 4.99 Å². The van der Waals surface area contributed by atoms with Crippen molar-refractivity contribution in [2.75, 3.05) is 0 Å². The highest BCUT2D eigenvalue weighted by molar-refractivity contribution is 6.66. The number of nitrogens with zero attached hydrogens (tertiary/aromatic N) is 5. The van der Waals surface area contributed by atoms with Gasteiger partial charge in [-0.3, -0.25) is 13.9 Å². The summed E-state index contributed by atoms with van der Waals surface area (Å²) in [6, 6.07) is 4.55. The Hall–Kier alpha value is -2.78. The Kier molecular flexibility index (Phi) is 7.09. The molecule has 0 saturated heterocycles. The molecule has 0 spiro atoms. The molecule has 0 bridgehead atoms. The van der Waals surface area contributed by atoms with Crippen LogP contribution in [0.4, 0.5) is 10.2 Å². The number of unbranched alkanes of at least 4 members (excludes halogenated alkanes) is 2. The van der Waals surface area contributed by atoms with E-state index in [9.17, 15) is 14.0 Å². The van der Waals surface area contributed by atoms with Gasteiger partial charge in [0.05, 0.1) is 16.1 Å². The van der Waals surface area contributed by atoms with Gasteiger partial charge >= 0.3 is 5.69 Å². The van der Waals surface area contributed by atoms with Crippen LogP contribution in [0.15, 0.2) is 37.3 Å². The van der Waals surface area contributed by atoms with Gasteiger partial charge in [0.1, 0.15) is 11.0 Å². The van der Waals surface area contributed by atoms with Crippen molar-refractivity contribution >= 4 is 34.2 Å². The fraction of sp³-hybridized carbons (Fsp3) is 0.409. The van der Waals surface area contributed by atoms with Crippen molar-refractivity contribution in [3.05, 3.63) is 61.3 Å². The van der Waals surface area contributed by atoms with Crippen LogP contribution in [-0.4, -0.2) is 24.4 Å². The molecule has 11 heteroatoms. The number of hydrogen-bond donors (Lipinski definition) is 0. The number of rotatable bonds is 9. The summed E-state index contributed by atoms with van der Waals surface area (Å²) in [4.78, 5) is 34.3. The van der Waals surface area contributed by atoms with Crippen molar-refractivity contribution in [1.82, 2.24) is 19.3 Å². The summed E-state index contributed by atoms with van der Waals surface area (Å²) in [5.74, 6) is 0.225. The fourth-order valence-corrected chi connectivity index (χ4v) is 4.12. The summed E-state index contributed by atoms with van der Waals surface area (Å²) >= 11 is 11.9. The second kappa shape index (κ2) is 10.0. The van der Waals surface area contributed by atoms with Gasteiger partial charge in [-0.05, 0) is 31.4 Å². The van der Waals surface area contributed by atoms with E-state index in [4.69, 9.17) is 27.7 Å². The number of aliphatic imine (C=N–C) groups is 1. The van der Waals surface area contributed by atoms with Crippen LogP contribution in [0, 0.1) is 5.82 Å². The summed E-state index contributed by atoms with van der Waals surface area (Å²) in [5.41, 5.74) is -0.123. The molecule has 33 heavy (non-hydrogen) atoms. The lowest BCUT2D eigenvalue weighted by molar-refractivity contribution is 0.418. The lowest BCUT2D eigenvalue weighted by Crippen LogP contribution is -2.41. The molecule has 174 valence electrons. The Balaban J connectivity index is 1.44. The van der Waals surface area contributed by atoms with E-state index in [1.54, 1.807) is 10.6 Å². The van der Waals surface area contributed by atoms with Gasteiger partial charge in [0.15, 0.2) is 11.6 Å². The standard InChI is InChI=1S/C22H22Cl2FN5O3/c1-2-3-10-29-19-14(12-16(24)26-19)21(31)30(22(29)32)11-5-4-9-17-27-20(33-28-17)13-7-6-8-15(23)18(13)25/h6-8H,2-5,9-12H2,1H3. The van der Waals surface area contributed by atoms with Crippen molar-refractivity contribution in [1.29, 1.82) is 0 Å². The minimum Gasteiger partial charge on any atom is -0.334 e. The molecule has 4 rings (SSSR count). The van der Waals surface area contributed by atoms with E-state index < -0.39 is 5.82 Å². The number of aromatic nitrogens is 4. The predicted octanol–water partition coefficient (Wildman–Crippen LogP) is 4.50. The van der Waals surface area contributed by atoms with E-state index in [1.807, 2.05) is 6.92 Å². The van der Waals surface area contributed by atoms with Crippen LogP contribution < -0.4 is 11.2 Å². The quantitative estimate of drug-likeness (QED) is 0.409. The first-order valence-electron chi connectivity index (χ1n) is 10.8. The molecule has 3 aromatic rings. The summed E-state index contributed by atoms with van der Waals surface area (Å²) in [5, 5.41) is 4.18. The largest absolute Gasteiger partial charge is 0.334 e. The summed E-state index contributed by atoms with van der Waals surface area (Å²) in [7, 11) is 0. The van der Waals surface area contributed by atoms with Crippen LogP contribution >= 0.6 is 23.2 Å². The van der Waals surface area contributed by atoms with Gasteiger partial charge in [0.2, 0.25) is 0 Å². The number of halogens is 3. The number of hydrogen-bond acceptors (Lipinski definition) is 6. The fourth-order valence-electron chi connectivity index (χ4n) is 3.73. The topological polar surface area (TPSA) is 95.3 Å². The Morgan fingerprint density at radius 3 is 2.70 bits per heavy atom. The van der Waals surface area contributed by atoms with Crippen molar-refractivity contribution in [3.8, 4) is 11.5 Å². The number of fused-ring (bicyclic) bond motifs is 1. The molecule has 1 aliphatic heterocycles. The molecular formula is C22H22Cl2FN5O3. The smallest absolute Gasteiger partial charge is 0.332 e. The molecule has 8 nitrogen and oxygen atoms in total. The molecule has 0 N–H and O–H groups in total. The van der Waals surface area contributed by atoms with Gasteiger partial charge < -0.3 is 4.52 Å². The van der Waals surface area contributed by atoms with Crippen molar-refractivity contribution in [3.63, 3.8) is 0 Å². The second-order valence-electron chi connectivity index (χ2n) is 7.79.